The Hall–Kier alpha value is -1.75. The maximum absolute atomic E-state index is 5.83. The fourth-order valence-electron chi connectivity index (χ4n) is 1.73. The summed E-state index contributed by atoms with van der Waals surface area (Å²) in [4.78, 5) is 8.72. The molecule has 2 aromatic rings. The molecule has 18 heavy (non-hydrogen) atoms. The second-order valence-corrected chi connectivity index (χ2v) is 4.74. The van der Waals surface area contributed by atoms with Crippen LogP contribution < -0.4 is 5.73 Å². The first-order chi connectivity index (χ1) is 8.47. The lowest BCUT2D eigenvalue weighted by Crippen LogP contribution is -2.22. The number of aromatic nitrogens is 3. The molecule has 2 unspecified atom stereocenters. The molecule has 0 amide bonds. The summed E-state index contributed by atoms with van der Waals surface area (Å²) in [6.45, 7) is 7.80. The van der Waals surface area contributed by atoms with Gasteiger partial charge in [0.2, 0.25) is 11.7 Å². The van der Waals surface area contributed by atoms with Gasteiger partial charge >= 0.3 is 0 Å². The molecule has 2 aromatic heterocycles. The Labute approximate surface area is 106 Å². The van der Waals surface area contributed by atoms with Crippen LogP contribution in [0.5, 0.6) is 0 Å². The minimum Gasteiger partial charge on any atom is -0.339 e. The maximum Gasteiger partial charge on any atom is 0.231 e. The molecular weight excluding hydrogens is 228 g/mol. The molecule has 2 heterocycles. The molecule has 0 spiro atoms. The Kier molecular flexibility index (Phi) is 3.43. The van der Waals surface area contributed by atoms with E-state index >= 15 is 0 Å². The first-order valence-electron chi connectivity index (χ1n) is 6.02. The molecule has 2 N–H and O–H groups in total. The number of hydrogen-bond donors (Lipinski definition) is 1. The molecular formula is C13H18N4O. The van der Waals surface area contributed by atoms with E-state index in [0.29, 0.717) is 11.7 Å². The highest BCUT2D eigenvalue weighted by Crippen LogP contribution is 2.22. The Bertz CT molecular complexity index is 527. The molecule has 0 aliphatic heterocycles. The second kappa shape index (κ2) is 4.86. The van der Waals surface area contributed by atoms with E-state index in [1.165, 1.54) is 0 Å². The lowest BCUT2D eigenvalue weighted by Gasteiger charge is -2.09. The third-order valence-corrected chi connectivity index (χ3v) is 2.96. The Balaban J connectivity index is 2.35. The third kappa shape index (κ3) is 2.56. The number of rotatable bonds is 3. The van der Waals surface area contributed by atoms with Crippen molar-refractivity contribution in [2.75, 3.05) is 0 Å². The van der Waals surface area contributed by atoms with E-state index in [-0.39, 0.29) is 12.0 Å². The molecule has 0 saturated carbocycles. The minimum atomic E-state index is -0.0146. The number of nitrogens with two attached hydrogens (primary N) is 1. The quantitative estimate of drug-likeness (QED) is 0.898. The van der Waals surface area contributed by atoms with Crippen molar-refractivity contribution in [2.45, 2.75) is 39.7 Å². The zero-order valence-electron chi connectivity index (χ0n) is 11.1. The number of aryl methyl sites for hydroxylation is 2. The summed E-state index contributed by atoms with van der Waals surface area (Å²) in [5.41, 5.74) is 8.63. The fraction of sp³-hybridized carbons (Fsp3) is 0.462. The van der Waals surface area contributed by atoms with Gasteiger partial charge in [0, 0.05) is 23.0 Å². The molecule has 0 radical (unpaired) electrons. The van der Waals surface area contributed by atoms with E-state index in [1.54, 1.807) is 0 Å². The number of hydrogen-bond acceptors (Lipinski definition) is 5. The van der Waals surface area contributed by atoms with E-state index in [0.717, 1.165) is 17.0 Å². The summed E-state index contributed by atoms with van der Waals surface area (Å²) in [7, 11) is 0. The van der Waals surface area contributed by atoms with Crippen molar-refractivity contribution < 1.29 is 4.52 Å². The summed E-state index contributed by atoms with van der Waals surface area (Å²) in [5, 5.41) is 4.00. The normalized spacial score (nSPS) is 14.5. The van der Waals surface area contributed by atoms with Gasteiger partial charge in [0.15, 0.2) is 0 Å². The number of pyridine rings is 1. The van der Waals surface area contributed by atoms with Gasteiger partial charge in [0.25, 0.3) is 0 Å². The van der Waals surface area contributed by atoms with E-state index in [4.69, 9.17) is 10.3 Å². The molecule has 0 saturated heterocycles. The lowest BCUT2D eigenvalue weighted by molar-refractivity contribution is 0.347. The maximum atomic E-state index is 5.83. The highest BCUT2D eigenvalue weighted by molar-refractivity contribution is 5.55. The molecule has 0 fully saturated rings. The van der Waals surface area contributed by atoms with Crippen molar-refractivity contribution >= 4 is 0 Å². The second-order valence-electron chi connectivity index (χ2n) is 4.74. The van der Waals surface area contributed by atoms with Crippen LogP contribution in [0.25, 0.3) is 11.4 Å². The topological polar surface area (TPSA) is 77.8 Å². The molecule has 0 aliphatic carbocycles. The Morgan fingerprint density at radius 3 is 2.28 bits per heavy atom. The monoisotopic (exact) mass is 246 g/mol. The van der Waals surface area contributed by atoms with Crippen molar-refractivity contribution in [2.24, 2.45) is 5.73 Å². The first kappa shape index (κ1) is 12.7. The van der Waals surface area contributed by atoms with Crippen molar-refractivity contribution in [3.05, 3.63) is 29.4 Å². The minimum absolute atomic E-state index is 0.0146. The van der Waals surface area contributed by atoms with Crippen LogP contribution >= 0.6 is 0 Å². The van der Waals surface area contributed by atoms with Gasteiger partial charge in [-0.1, -0.05) is 12.1 Å². The van der Waals surface area contributed by atoms with Gasteiger partial charge in [-0.2, -0.15) is 4.98 Å². The summed E-state index contributed by atoms with van der Waals surface area (Å²) in [5.74, 6) is 1.22. The Morgan fingerprint density at radius 1 is 1.11 bits per heavy atom. The zero-order chi connectivity index (χ0) is 13.3. The van der Waals surface area contributed by atoms with Crippen LogP contribution in [0, 0.1) is 13.8 Å². The fourth-order valence-corrected chi connectivity index (χ4v) is 1.73. The average Bonchev–Trinajstić information content (AvgIpc) is 2.75. The zero-order valence-corrected chi connectivity index (χ0v) is 11.1. The lowest BCUT2D eigenvalue weighted by atomic mass is 10.1. The third-order valence-electron chi connectivity index (χ3n) is 2.96. The number of nitrogens with zero attached hydrogens (tertiary/aromatic N) is 3. The molecule has 5 heteroatoms. The van der Waals surface area contributed by atoms with Gasteiger partial charge < -0.3 is 10.3 Å². The SMILES string of the molecule is Cc1cc(-c2noc(C(C)C(C)N)n2)cc(C)n1. The summed E-state index contributed by atoms with van der Waals surface area (Å²) in [6, 6.07) is 3.87. The summed E-state index contributed by atoms with van der Waals surface area (Å²) < 4.78 is 5.26. The predicted molar refractivity (Wildman–Crippen MR) is 69.1 cm³/mol. The van der Waals surface area contributed by atoms with Crippen molar-refractivity contribution in [1.29, 1.82) is 0 Å². The van der Waals surface area contributed by atoms with Crippen molar-refractivity contribution in [3.8, 4) is 11.4 Å². The average molecular weight is 246 g/mol. The Morgan fingerprint density at radius 2 is 1.72 bits per heavy atom. The van der Waals surface area contributed by atoms with Crippen LogP contribution in [0.15, 0.2) is 16.7 Å². The predicted octanol–water partition coefficient (Wildman–Crippen LogP) is 2.20. The largest absolute Gasteiger partial charge is 0.339 e. The van der Waals surface area contributed by atoms with Crippen LogP contribution in [0.1, 0.15) is 37.0 Å². The molecule has 0 bridgehead atoms. The van der Waals surface area contributed by atoms with Gasteiger partial charge in [-0.15, -0.1) is 0 Å². The van der Waals surface area contributed by atoms with Crippen LogP contribution in [0.2, 0.25) is 0 Å². The molecule has 2 atom stereocenters. The summed E-state index contributed by atoms with van der Waals surface area (Å²) >= 11 is 0. The van der Waals surface area contributed by atoms with Crippen LogP contribution in [-0.4, -0.2) is 21.2 Å². The van der Waals surface area contributed by atoms with Crippen LogP contribution in [0.3, 0.4) is 0 Å². The molecule has 0 aliphatic rings. The first-order valence-corrected chi connectivity index (χ1v) is 6.02. The molecule has 2 rings (SSSR count). The molecule has 0 aromatic carbocycles. The van der Waals surface area contributed by atoms with Gasteiger partial charge in [-0.25, -0.2) is 0 Å². The van der Waals surface area contributed by atoms with Gasteiger partial charge in [0.05, 0.1) is 5.92 Å². The summed E-state index contributed by atoms with van der Waals surface area (Å²) in [6.07, 6.45) is 0. The van der Waals surface area contributed by atoms with E-state index < -0.39 is 0 Å². The van der Waals surface area contributed by atoms with Gasteiger partial charge in [-0.05, 0) is 32.9 Å². The van der Waals surface area contributed by atoms with Crippen molar-refractivity contribution in [1.82, 2.24) is 15.1 Å². The van der Waals surface area contributed by atoms with Crippen molar-refractivity contribution in [3.63, 3.8) is 0 Å². The van der Waals surface area contributed by atoms with E-state index in [2.05, 4.69) is 15.1 Å². The van der Waals surface area contributed by atoms with Crippen LogP contribution in [0.4, 0.5) is 0 Å². The van der Waals surface area contributed by atoms with E-state index in [9.17, 15) is 0 Å². The smallest absolute Gasteiger partial charge is 0.231 e. The standard InChI is InChI=1S/C13H18N4O/c1-7-5-11(6-8(2)15-7)12-16-13(18-17-12)9(3)10(4)14/h5-6,9-10H,14H2,1-4H3. The van der Waals surface area contributed by atoms with E-state index in [1.807, 2.05) is 39.8 Å². The van der Waals surface area contributed by atoms with Gasteiger partial charge in [0.1, 0.15) is 0 Å². The highest BCUT2D eigenvalue weighted by Gasteiger charge is 2.18. The van der Waals surface area contributed by atoms with Gasteiger partial charge in [-0.3, -0.25) is 4.98 Å². The molecule has 96 valence electrons. The molecule has 5 nitrogen and oxygen atoms in total. The van der Waals surface area contributed by atoms with Crippen LogP contribution in [-0.2, 0) is 0 Å². The highest BCUT2D eigenvalue weighted by atomic mass is 16.5.